The third kappa shape index (κ3) is 2.71. The number of carbonyl (C=O) groups excluding carboxylic acids is 1. The van der Waals surface area contributed by atoms with Gasteiger partial charge in [-0.25, -0.2) is 4.98 Å². The summed E-state index contributed by atoms with van der Waals surface area (Å²) in [4.78, 5) is 18.4. The van der Waals surface area contributed by atoms with Gasteiger partial charge in [-0.2, -0.15) is 5.10 Å². The van der Waals surface area contributed by atoms with Crippen molar-refractivity contribution in [2.24, 2.45) is 5.92 Å². The van der Waals surface area contributed by atoms with Crippen molar-refractivity contribution < 1.29 is 4.79 Å². The number of nitrogens with one attached hydrogen (secondary N) is 1. The van der Waals surface area contributed by atoms with Crippen molar-refractivity contribution in [2.75, 3.05) is 13.1 Å². The summed E-state index contributed by atoms with van der Waals surface area (Å²) in [6.45, 7) is 7.65. The quantitative estimate of drug-likeness (QED) is 0.890. The lowest BCUT2D eigenvalue weighted by atomic mass is 9.95. The number of hydrogen-bond acceptors (Lipinski definition) is 3. The van der Waals surface area contributed by atoms with Crippen molar-refractivity contribution in [3.05, 3.63) is 11.6 Å². The Morgan fingerprint density at radius 3 is 2.67 bits per heavy atom. The second kappa shape index (κ2) is 5.50. The average molecular weight is 250 g/mol. The number of piperidine rings is 1. The van der Waals surface area contributed by atoms with Crippen LogP contribution >= 0.6 is 0 Å². The number of rotatable bonds is 3. The molecule has 0 radical (unpaired) electrons. The van der Waals surface area contributed by atoms with Gasteiger partial charge in [-0.3, -0.25) is 9.89 Å². The molecule has 1 fully saturated rings. The van der Waals surface area contributed by atoms with Crippen LogP contribution in [0.1, 0.15) is 50.7 Å². The third-order valence-electron chi connectivity index (χ3n) is 3.82. The van der Waals surface area contributed by atoms with E-state index in [1.165, 1.54) is 0 Å². The van der Waals surface area contributed by atoms with E-state index < -0.39 is 0 Å². The highest BCUT2D eigenvalue weighted by Crippen LogP contribution is 2.26. The molecule has 1 unspecified atom stereocenters. The molecule has 5 nitrogen and oxygen atoms in total. The molecular formula is C13H22N4O. The van der Waals surface area contributed by atoms with E-state index in [1.54, 1.807) is 0 Å². The standard InChI is InChI=1S/C13H22N4O/c1-4-9(2)13(18)17-7-5-11(6-8-17)12-14-10(3)15-16-12/h9,11H,4-8H2,1-3H3,(H,14,15,16). The molecule has 0 aromatic carbocycles. The van der Waals surface area contributed by atoms with E-state index in [1.807, 2.05) is 18.7 Å². The third-order valence-corrected chi connectivity index (χ3v) is 3.82. The molecule has 2 heterocycles. The van der Waals surface area contributed by atoms with E-state index in [0.29, 0.717) is 11.8 Å². The lowest BCUT2D eigenvalue weighted by Crippen LogP contribution is -2.40. The molecule has 1 aliphatic rings. The Balaban J connectivity index is 1.90. The van der Waals surface area contributed by atoms with Crippen LogP contribution in [0.5, 0.6) is 0 Å². The first kappa shape index (κ1) is 13.1. The lowest BCUT2D eigenvalue weighted by molar-refractivity contribution is -0.136. The minimum absolute atomic E-state index is 0.146. The average Bonchev–Trinajstić information content (AvgIpc) is 2.84. The van der Waals surface area contributed by atoms with Gasteiger partial charge in [0.15, 0.2) is 5.82 Å². The highest BCUT2D eigenvalue weighted by molar-refractivity contribution is 5.78. The zero-order valence-electron chi connectivity index (χ0n) is 11.4. The molecule has 1 amide bonds. The Hall–Kier alpha value is -1.39. The molecule has 1 saturated heterocycles. The first-order valence-electron chi connectivity index (χ1n) is 6.79. The molecule has 0 aliphatic carbocycles. The van der Waals surface area contributed by atoms with Gasteiger partial charge in [-0.05, 0) is 26.2 Å². The minimum atomic E-state index is 0.146. The van der Waals surface area contributed by atoms with Crippen molar-refractivity contribution in [1.82, 2.24) is 20.1 Å². The Labute approximate surface area is 108 Å². The number of H-pyrrole nitrogens is 1. The van der Waals surface area contributed by atoms with Crippen molar-refractivity contribution >= 4 is 5.91 Å². The Morgan fingerprint density at radius 1 is 1.50 bits per heavy atom. The van der Waals surface area contributed by atoms with Crippen LogP contribution in [0.4, 0.5) is 0 Å². The fourth-order valence-corrected chi connectivity index (χ4v) is 2.39. The van der Waals surface area contributed by atoms with Crippen molar-refractivity contribution in [1.29, 1.82) is 0 Å². The highest BCUT2D eigenvalue weighted by Gasteiger charge is 2.27. The van der Waals surface area contributed by atoms with Crippen molar-refractivity contribution in [3.8, 4) is 0 Å². The second-order valence-electron chi connectivity index (χ2n) is 5.19. The SMILES string of the molecule is CCC(C)C(=O)N1CCC(c2n[nH]c(C)n2)CC1. The van der Waals surface area contributed by atoms with Crippen LogP contribution in [0.2, 0.25) is 0 Å². The van der Waals surface area contributed by atoms with Crippen LogP contribution in [0.25, 0.3) is 0 Å². The minimum Gasteiger partial charge on any atom is -0.342 e. The van der Waals surface area contributed by atoms with Gasteiger partial charge in [-0.15, -0.1) is 0 Å². The van der Waals surface area contributed by atoms with Gasteiger partial charge in [0.2, 0.25) is 5.91 Å². The molecule has 0 bridgehead atoms. The van der Waals surface area contributed by atoms with Gasteiger partial charge >= 0.3 is 0 Å². The maximum atomic E-state index is 12.1. The summed E-state index contributed by atoms with van der Waals surface area (Å²) < 4.78 is 0. The monoisotopic (exact) mass is 250 g/mol. The lowest BCUT2D eigenvalue weighted by Gasteiger charge is -2.32. The predicted molar refractivity (Wildman–Crippen MR) is 69.1 cm³/mol. The van der Waals surface area contributed by atoms with Crippen molar-refractivity contribution in [3.63, 3.8) is 0 Å². The molecule has 1 N–H and O–H groups in total. The summed E-state index contributed by atoms with van der Waals surface area (Å²) >= 11 is 0. The number of carbonyl (C=O) groups is 1. The zero-order chi connectivity index (χ0) is 13.1. The number of aromatic nitrogens is 3. The normalized spacial score (nSPS) is 18.9. The number of aryl methyl sites for hydroxylation is 1. The van der Waals surface area contributed by atoms with Crippen LogP contribution in [-0.2, 0) is 4.79 Å². The van der Waals surface area contributed by atoms with E-state index in [4.69, 9.17) is 0 Å². The van der Waals surface area contributed by atoms with Crippen molar-refractivity contribution in [2.45, 2.75) is 46.0 Å². The molecule has 1 atom stereocenters. The maximum Gasteiger partial charge on any atom is 0.225 e. The van der Waals surface area contributed by atoms with Gasteiger partial charge < -0.3 is 4.90 Å². The van der Waals surface area contributed by atoms with Crippen LogP contribution in [0.3, 0.4) is 0 Å². The predicted octanol–water partition coefficient (Wildman–Crippen LogP) is 1.87. The van der Waals surface area contributed by atoms with Crippen LogP contribution in [0, 0.1) is 12.8 Å². The van der Waals surface area contributed by atoms with Gasteiger partial charge in [0, 0.05) is 24.9 Å². The molecule has 1 aliphatic heterocycles. The molecule has 0 spiro atoms. The smallest absolute Gasteiger partial charge is 0.225 e. The Bertz CT molecular complexity index is 407. The molecular weight excluding hydrogens is 228 g/mol. The van der Waals surface area contributed by atoms with Crippen LogP contribution in [-0.4, -0.2) is 39.1 Å². The van der Waals surface area contributed by atoms with Gasteiger partial charge in [0.1, 0.15) is 5.82 Å². The topological polar surface area (TPSA) is 61.9 Å². The van der Waals surface area contributed by atoms with Crippen LogP contribution < -0.4 is 0 Å². The summed E-state index contributed by atoms with van der Waals surface area (Å²) in [6, 6.07) is 0. The van der Waals surface area contributed by atoms with Crippen LogP contribution in [0.15, 0.2) is 0 Å². The number of amides is 1. The van der Waals surface area contributed by atoms with E-state index in [2.05, 4.69) is 22.1 Å². The molecule has 5 heteroatoms. The molecule has 18 heavy (non-hydrogen) atoms. The van der Waals surface area contributed by atoms with E-state index in [0.717, 1.165) is 44.0 Å². The first-order chi connectivity index (χ1) is 8.61. The fourth-order valence-electron chi connectivity index (χ4n) is 2.39. The molecule has 0 saturated carbocycles. The maximum absolute atomic E-state index is 12.1. The number of likely N-dealkylation sites (tertiary alicyclic amines) is 1. The molecule has 1 aromatic heterocycles. The first-order valence-corrected chi connectivity index (χ1v) is 6.79. The number of hydrogen-bond donors (Lipinski definition) is 1. The van der Waals surface area contributed by atoms with Gasteiger partial charge in [0.25, 0.3) is 0 Å². The summed E-state index contributed by atoms with van der Waals surface area (Å²) in [5.74, 6) is 2.61. The van der Waals surface area contributed by atoms with E-state index >= 15 is 0 Å². The second-order valence-corrected chi connectivity index (χ2v) is 5.19. The summed E-state index contributed by atoms with van der Waals surface area (Å²) in [6.07, 6.45) is 2.86. The number of nitrogens with zero attached hydrogens (tertiary/aromatic N) is 3. The summed E-state index contributed by atoms with van der Waals surface area (Å²) in [7, 11) is 0. The Kier molecular flexibility index (Phi) is 3.99. The highest BCUT2D eigenvalue weighted by atomic mass is 16.2. The zero-order valence-corrected chi connectivity index (χ0v) is 11.4. The summed E-state index contributed by atoms with van der Waals surface area (Å²) in [5.41, 5.74) is 0. The molecule has 1 aromatic rings. The summed E-state index contributed by atoms with van der Waals surface area (Å²) in [5, 5.41) is 7.11. The number of aromatic amines is 1. The van der Waals surface area contributed by atoms with Gasteiger partial charge in [0.05, 0.1) is 0 Å². The Morgan fingerprint density at radius 2 is 2.17 bits per heavy atom. The largest absolute Gasteiger partial charge is 0.342 e. The van der Waals surface area contributed by atoms with E-state index in [-0.39, 0.29) is 5.92 Å². The molecule has 2 rings (SSSR count). The fraction of sp³-hybridized carbons (Fsp3) is 0.769. The van der Waals surface area contributed by atoms with Gasteiger partial charge in [-0.1, -0.05) is 13.8 Å². The van der Waals surface area contributed by atoms with E-state index in [9.17, 15) is 4.79 Å². The molecule has 100 valence electrons.